The summed E-state index contributed by atoms with van der Waals surface area (Å²) >= 11 is 0. The lowest BCUT2D eigenvalue weighted by Gasteiger charge is -2.47. The van der Waals surface area contributed by atoms with E-state index in [9.17, 15) is 18.3 Å². The summed E-state index contributed by atoms with van der Waals surface area (Å²) in [6.07, 6.45) is -1.32. The second-order valence-electron chi connectivity index (χ2n) is 9.04. The second kappa shape index (κ2) is 7.84. The standard InChI is InChI=1S/C22H26F3N7O/c1-3-21(33)12-31(13-21)18-17-10-26-32(16-6-4-5-14(9-16)22(23,24)25)19(17)29-20(28-18)27-15-7-8-30(2)11-15/h4-6,9-10,15,33H,3,7-8,11-13H2,1-2H3,(H,27,28,29)/t15-/m0/s1. The quantitative estimate of drug-likeness (QED) is 0.605. The van der Waals surface area contributed by atoms with Crippen LogP contribution in [0.5, 0.6) is 0 Å². The number of hydrogen-bond donors (Lipinski definition) is 2. The number of nitrogens with zero attached hydrogens (tertiary/aromatic N) is 6. The lowest BCUT2D eigenvalue weighted by atomic mass is 9.91. The molecule has 5 rings (SSSR count). The van der Waals surface area contributed by atoms with Gasteiger partial charge >= 0.3 is 6.18 Å². The largest absolute Gasteiger partial charge is 0.416 e. The zero-order chi connectivity index (χ0) is 23.4. The van der Waals surface area contributed by atoms with Crippen molar-refractivity contribution in [2.45, 2.75) is 37.6 Å². The summed E-state index contributed by atoms with van der Waals surface area (Å²) in [5, 5.41) is 18.9. The van der Waals surface area contributed by atoms with Crippen molar-refractivity contribution in [3.8, 4) is 5.69 Å². The van der Waals surface area contributed by atoms with Crippen LogP contribution < -0.4 is 10.2 Å². The second-order valence-corrected chi connectivity index (χ2v) is 9.04. The van der Waals surface area contributed by atoms with Gasteiger partial charge in [-0.2, -0.15) is 28.2 Å². The minimum absolute atomic E-state index is 0.175. The molecule has 0 saturated carbocycles. The molecule has 11 heteroatoms. The van der Waals surface area contributed by atoms with Gasteiger partial charge in [0.15, 0.2) is 5.65 Å². The predicted molar refractivity (Wildman–Crippen MR) is 119 cm³/mol. The number of rotatable bonds is 5. The lowest BCUT2D eigenvalue weighted by molar-refractivity contribution is -0.137. The number of alkyl halides is 3. The number of benzene rings is 1. The Morgan fingerprint density at radius 3 is 2.70 bits per heavy atom. The van der Waals surface area contributed by atoms with Crippen molar-refractivity contribution in [1.29, 1.82) is 0 Å². The number of halogens is 3. The fraction of sp³-hybridized carbons (Fsp3) is 0.500. The molecule has 0 bridgehead atoms. The minimum Gasteiger partial charge on any atom is -0.386 e. The number of anilines is 2. The van der Waals surface area contributed by atoms with Crippen LogP contribution in [0, 0.1) is 0 Å². The van der Waals surface area contributed by atoms with Crippen LogP contribution in [0.2, 0.25) is 0 Å². The molecule has 2 fully saturated rings. The Balaban J connectivity index is 1.57. The van der Waals surface area contributed by atoms with Crippen LogP contribution in [-0.2, 0) is 6.18 Å². The summed E-state index contributed by atoms with van der Waals surface area (Å²) in [6, 6.07) is 5.20. The summed E-state index contributed by atoms with van der Waals surface area (Å²) in [6.45, 7) is 4.60. The minimum atomic E-state index is -4.46. The third kappa shape index (κ3) is 4.10. The van der Waals surface area contributed by atoms with Crippen molar-refractivity contribution in [3.63, 3.8) is 0 Å². The molecule has 0 unspecified atom stereocenters. The van der Waals surface area contributed by atoms with E-state index in [0.717, 1.165) is 31.6 Å². The number of likely N-dealkylation sites (N-methyl/N-ethyl adjacent to an activating group) is 1. The normalized spacial score (nSPS) is 20.9. The number of fused-ring (bicyclic) bond motifs is 1. The van der Waals surface area contributed by atoms with Gasteiger partial charge in [0, 0.05) is 25.7 Å². The van der Waals surface area contributed by atoms with Gasteiger partial charge in [-0.15, -0.1) is 0 Å². The fourth-order valence-corrected chi connectivity index (χ4v) is 4.47. The molecular weight excluding hydrogens is 435 g/mol. The van der Waals surface area contributed by atoms with Crippen molar-refractivity contribution in [2.75, 3.05) is 43.4 Å². The molecule has 0 aliphatic carbocycles. The first kappa shape index (κ1) is 21.9. The molecule has 2 aliphatic rings. The molecule has 2 N–H and O–H groups in total. The van der Waals surface area contributed by atoms with E-state index in [1.165, 1.54) is 10.7 Å². The molecule has 2 aliphatic heterocycles. The Morgan fingerprint density at radius 1 is 1.24 bits per heavy atom. The van der Waals surface area contributed by atoms with Crippen molar-refractivity contribution >= 4 is 22.8 Å². The highest BCUT2D eigenvalue weighted by atomic mass is 19.4. The highest BCUT2D eigenvalue weighted by molar-refractivity contribution is 5.89. The van der Waals surface area contributed by atoms with Gasteiger partial charge in [0.25, 0.3) is 0 Å². The smallest absolute Gasteiger partial charge is 0.386 e. The summed E-state index contributed by atoms with van der Waals surface area (Å²) < 4.78 is 41.2. The molecule has 4 heterocycles. The van der Waals surface area contributed by atoms with Gasteiger partial charge in [-0.05, 0) is 44.6 Å². The summed E-state index contributed by atoms with van der Waals surface area (Å²) in [7, 11) is 2.05. The molecule has 0 spiro atoms. The van der Waals surface area contributed by atoms with E-state index in [0.29, 0.717) is 42.3 Å². The zero-order valence-electron chi connectivity index (χ0n) is 18.5. The summed E-state index contributed by atoms with van der Waals surface area (Å²) in [5.74, 6) is 1.02. The number of aromatic nitrogens is 4. The highest BCUT2D eigenvalue weighted by Crippen LogP contribution is 2.35. The zero-order valence-corrected chi connectivity index (χ0v) is 18.5. The maximum atomic E-state index is 13.3. The van der Waals surface area contributed by atoms with Crippen LogP contribution in [-0.4, -0.2) is 74.6 Å². The highest BCUT2D eigenvalue weighted by Gasteiger charge is 2.41. The molecule has 0 amide bonds. The molecule has 2 saturated heterocycles. The number of hydrogen-bond acceptors (Lipinski definition) is 7. The summed E-state index contributed by atoms with van der Waals surface area (Å²) in [4.78, 5) is 13.5. The van der Waals surface area contributed by atoms with Crippen LogP contribution in [0.25, 0.3) is 16.7 Å². The van der Waals surface area contributed by atoms with Gasteiger partial charge in [0.2, 0.25) is 5.95 Å². The van der Waals surface area contributed by atoms with Gasteiger partial charge < -0.3 is 20.2 Å². The van der Waals surface area contributed by atoms with E-state index in [-0.39, 0.29) is 11.7 Å². The maximum absolute atomic E-state index is 13.3. The third-order valence-electron chi connectivity index (χ3n) is 6.48. The molecule has 176 valence electrons. The SMILES string of the molecule is CCC1(O)CN(c2nc(N[C@H]3CCN(C)C3)nc3c2cnn3-c2cccc(C(F)(F)F)c2)C1. The van der Waals surface area contributed by atoms with Gasteiger partial charge in [-0.25, -0.2) is 4.68 Å². The monoisotopic (exact) mass is 461 g/mol. The van der Waals surface area contributed by atoms with E-state index < -0.39 is 17.3 Å². The molecule has 3 aromatic rings. The number of β-amino-alcohol motifs (C(OH)–C–C–N with tert-alkyl or cyclic N) is 1. The van der Waals surface area contributed by atoms with Crippen molar-refractivity contribution in [1.82, 2.24) is 24.6 Å². The summed E-state index contributed by atoms with van der Waals surface area (Å²) in [5.41, 5.74) is -0.832. The molecular formula is C22H26F3N7O. The van der Waals surface area contributed by atoms with Crippen molar-refractivity contribution in [3.05, 3.63) is 36.0 Å². The number of aliphatic hydroxyl groups is 1. The van der Waals surface area contributed by atoms with Gasteiger partial charge in [0.05, 0.1) is 28.4 Å². The van der Waals surface area contributed by atoms with Gasteiger partial charge in [-0.1, -0.05) is 13.0 Å². The molecule has 0 radical (unpaired) electrons. The van der Waals surface area contributed by atoms with E-state index >= 15 is 0 Å². The molecule has 33 heavy (non-hydrogen) atoms. The first-order valence-electron chi connectivity index (χ1n) is 11.0. The number of nitrogens with one attached hydrogen (secondary N) is 1. The van der Waals surface area contributed by atoms with Crippen molar-refractivity contribution in [2.24, 2.45) is 0 Å². The third-order valence-corrected chi connectivity index (χ3v) is 6.48. The molecule has 2 aromatic heterocycles. The Kier molecular flexibility index (Phi) is 5.20. The Bertz CT molecular complexity index is 1170. The van der Waals surface area contributed by atoms with Crippen LogP contribution in [0.3, 0.4) is 0 Å². The van der Waals surface area contributed by atoms with Crippen LogP contribution in [0.1, 0.15) is 25.3 Å². The van der Waals surface area contributed by atoms with E-state index in [4.69, 9.17) is 4.98 Å². The Hall–Kier alpha value is -2.92. The van der Waals surface area contributed by atoms with E-state index in [2.05, 4.69) is 20.3 Å². The van der Waals surface area contributed by atoms with Crippen LogP contribution >= 0.6 is 0 Å². The fourth-order valence-electron chi connectivity index (χ4n) is 4.47. The molecule has 1 aromatic carbocycles. The maximum Gasteiger partial charge on any atom is 0.416 e. The van der Waals surface area contributed by atoms with E-state index in [1.54, 1.807) is 12.3 Å². The predicted octanol–water partition coefficient (Wildman–Crippen LogP) is 2.91. The molecule has 8 nitrogen and oxygen atoms in total. The molecule has 1 atom stereocenters. The van der Waals surface area contributed by atoms with Gasteiger partial charge in [0.1, 0.15) is 5.82 Å². The first-order valence-corrected chi connectivity index (χ1v) is 11.0. The van der Waals surface area contributed by atoms with Crippen molar-refractivity contribution < 1.29 is 18.3 Å². The van der Waals surface area contributed by atoms with E-state index in [1.807, 2.05) is 18.9 Å². The average molecular weight is 461 g/mol. The topological polar surface area (TPSA) is 82.3 Å². The Labute approximate surface area is 189 Å². The lowest BCUT2D eigenvalue weighted by Crippen LogP contribution is -2.62. The van der Waals surface area contributed by atoms with Crippen LogP contribution in [0.15, 0.2) is 30.5 Å². The van der Waals surface area contributed by atoms with Crippen LogP contribution in [0.4, 0.5) is 24.9 Å². The first-order chi connectivity index (χ1) is 15.6. The average Bonchev–Trinajstić information content (AvgIpc) is 3.36. The number of likely N-dealkylation sites (tertiary alicyclic amines) is 1. The van der Waals surface area contributed by atoms with Gasteiger partial charge in [-0.3, -0.25) is 0 Å². The Morgan fingerprint density at radius 2 is 2.03 bits per heavy atom.